The van der Waals surface area contributed by atoms with E-state index in [4.69, 9.17) is 15.2 Å². The summed E-state index contributed by atoms with van der Waals surface area (Å²) in [6, 6.07) is 7.53. The molecule has 94 valence electrons. The molecule has 0 amide bonds. The van der Waals surface area contributed by atoms with Crippen molar-refractivity contribution in [3.63, 3.8) is 0 Å². The van der Waals surface area contributed by atoms with Gasteiger partial charge >= 0.3 is 0 Å². The molecule has 1 aromatic carbocycles. The Morgan fingerprint density at radius 2 is 2.06 bits per heavy atom. The maximum absolute atomic E-state index is 9.24. The molecule has 3 N–H and O–H groups in total. The van der Waals surface area contributed by atoms with Crippen LogP contribution in [0.1, 0.15) is 5.56 Å². The van der Waals surface area contributed by atoms with E-state index in [2.05, 4.69) is 6.58 Å². The van der Waals surface area contributed by atoms with E-state index < -0.39 is 6.10 Å². The highest BCUT2D eigenvalue weighted by Crippen LogP contribution is 2.13. The third-order valence-electron chi connectivity index (χ3n) is 2.14. The number of hydrogen-bond donors (Lipinski definition) is 2. The predicted molar refractivity (Wildman–Crippen MR) is 66.9 cm³/mol. The van der Waals surface area contributed by atoms with Crippen molar-refractivity contribution < 1.29 is 14.6 Å². The van der Waals surface area contributed by atoms with Crippen LogP contribution in [0.15, 0.2) is 36.9 Å². The number of ether oxygens (including phenoxy) is 2. The van der Waals surface area contributed by atoms with Crippen LogP contribution in [-0.2, 0) is 11.3 Å². The first-order valence-corrected chi connectivity index (χ1v) is 5.54. The van der Waals surface area contributed by atoms with Gasteiger partial charge in [-0.3, -0.25) is 0 Å². The fourth-order valence-electron chi connectivity index (χ4n) is 1.20. The maximum Gasteiger partial charge on any atom is 0.119 e. The van der Waals surface area contributed by atoms with Crippen molar-refractivity contribution in [3.05, 3.63) is 42.5 Å². The van der Waals surface area contributed by atoms with Crippen LogP contribution in [-0.4, -0.2) is 31.0 Å². The smallest absolute Gasteiger partial charge is 0.119 e. The Morgan fingerprint density at radius 3 is 2.65 bits per heavy atom. The topological polar surface area (TPSA) is 64.7 Å². The third kappa shape index (κ3) is 5.49. The second-order valence-electron chi connectivity index (χ2n) is 3.65. The van der Waals surface area contributed by atoms with Gasteiger partial charge in [-0.1, -0.05) is 18.2 Å². The lowest BCUT2D eigenvalue weighted by Crippen LogP contribution is -2.26. The summed E-state index contributed by atoms with van der Waals surface area (Å²) in [5, 5.41) is 9.24. The largest absolute Gasteiger partial charge is 0.491 e. The van der Waals surface area contributed by atoms with Crippen LogP contribution >= 0.6 is 0 Å². The van der Waals surface area contributed by atoms with Crippen molar-refractivity contribution >= 4 is 0 Å². The minimum absolute atomic E-state index is 0.202. The molecule has 0 heterocycles. The van der Waals surface area contributed by atoms with Crippen LogP contribution in [0.5, 0.6) is 5.75 Å². The summed E-state index contributed by atoms with van der Waals surface area (Å²) in [4.78, 5) is 0. The van der Waals surface area contributed by atoms with Gasteiger partial charge in [0.05, 0.1) is 13.2 Å². The van der Waals surface area contributed by atoms with Gasteiger partial charge in [0.1, 0.15) is 18.5 Å². The molecule has 0 spiro atoms. The zero-order valence-corrected chi connectivity index (χ0v) is 9.84. The molecule has 0 aliphatic heterocycles. The average molecular weight is 237 g/mol. The van der Waals surface area contributed by atoms with Crippen molar-refractivity contribution in [3.8, 4) is 5.75 Å². The summed E-state index contributed by atoms with van der Waals surface area (Å²) in [6.07, 6.45) is 1.09. The molecule has 1 atom stereocenters. The molecule has 0 bridgehead atoms. The van der Waals surface area contributed by atoms with E-state index in [1.807, 2.05) is 24.3 Å². The molecule has 4 nitrogen and oxygen atoms in total. The second kappa shape index (κ2) is 7.84. The van der Waals surface area contributed by atoms with E-state index in [9.17, 15) is 5.11 Å². The first-order chi connectivity index (χ1) is 8.26. The van der Waals surface area contributed by atoms with Crippen molar-refractivity contribution in [1.82, 2.24) is 0 Å². The monoisotopic (exact) mass is 237 g/mol. The van der Waals surface area contributed by atoms with Crippen molar-refractivity contribution in [2.45, 2.75) is 12.7 Å². The zero-order valence-electron chi connectivity index (χ0n) is 9.84. The second-order valence-corrected chi connectivity index (χ2v) is 3.65. The van der Waals surface area contributed by atoms with Crippen molar-refractivity contribution in [2.75, 3.05) is 19.8 Å². The lowest BCUT2D eigenvalue weighted by molar-refractivity contribution is 0.114. The molecule has 17 heavy (non-hydrogen) atoms. The average Bonchev–Trinajstić information content (AvgIpc) is 2.37. The molecule has 0 saturated carbocycles. The molecule has 0 aliphatic carbocycles. The van der Waals surface area contributed by atoms with Gasteiger partial charge < -0.3 is 20.3 Å². The zero-order chi connectivity index (χ0) is 12.5. The van der Waals surface area contributed by atoms with E-state index in [1.165, 1.54) is 0 Å². The molecule has 4 heteroatoms. The van der Waals surface area contributed by atoms with Crippen molar-refractivity contribution in [2.24, 2.45) is 5.73 Å². The van der Waals surface area contributed by atoms with E-state index in [0.29, 0.717) is 19.0 Å². The molecule has 0 aliphatic rings. The number of aliphatic hydroxyl groups excluding tert-OH is 1. The minimum Gasteiger partial charge on any atom is -0.491 e. The van der Waals surface area contributed by atoms with Crippen LogP contribution in [0.3, 0.4) is 0 Å². The Kier molecular flexibility index (Phi) is 6.32. The van der Waals surface area contributed by atoms with Crippen LogP contribution in [0, 0.1) is 0 Å². The van der Waals surface area contributed by atoms with Gasteiger partial charge in [-0.25, -0.2) is 0 Å². The van der Waals surface area contributed by atoms with Crippen LogP contribution < -0.4 is 10.5 Å². The molecule has 0 aromatic heterocycles. The molecule has 0 fully saturated rings. The molecular formula is C13H19NO3. The van der Waals surface area contributed by atoms with Gasteiger partial charge in [0.2, 0.25) is 0 Å². The highest BCUT2D eigenvalue weighted by Gasteiger charge is 2.02. The highest BCUT2D eigenvalue weighted by atomic mass is 16.5. The number of rotatable bonds is 8. The molecule has 1 unspecified atom stereocenters. The van der Waals surface area contributed by atoms with Crippen LogP contribution in [0.2, 0.25) is 0 Å². The Bertz CT molecular complexity index is 324. The van der Waals surface area contributed by atoms with Gasteiger partial charge in [-0.2, -0.15) is 0 Å². The first kappa shape index (κ1) is 13.7. The quantitative estimate of drug-likeness (QED) is 0.524. The van der Waals surface area contributed by atoms with Gasteiger partial charge in [-0.15, -0.1) is 6.58 Å². The van der Waals surface area contributed by atoms with E-state index in [-0.39, 0.29) is 13.2 Å². The van der Waals surface area contributed by atoms with Crippen LogP contribution in [0.4, 0.5) is 0 Å². The van der Waals surface area contributed by atoms with Gasteiger partial charge in [-0.05, 0) is 17.7 Å². The summed E-state index contributed by atoms with van der Waals surface area (Å²) in [6.45, 7) is 5.08. The summed E-state index contributed by atoms with van der Waals surface area (Å²) in [5.41, 5.74) is 6.34. The Labute approximate surface area is 102 Å². The van der Waals surface area contributed by atoms with E-state index in [0.717, 1.165) is 5.56 Å². The Balaban J connectivity index is 2.36. The summed E-state index contributed by atoms with van der Waals surface area (Å²) >= 11 is 0. The number of hydrogen-bond acceptors (Lipinski definition) is 4. The fourth-order valence-corrected chi connectivity index (χ4v) is 1.20. The lowest BCUT2D eigenvalue weighted by Gasteiger charge is -2.10. The molecule has 1 aromatic rings. The third-order valence-corrected chi connectivity index (χ3v) is 2.14. The molecule has 0 saturated heterocycles. The number of nitrogens with two attached hydrogens (primary N) is 1. The maximum atomic E-state index is 9.24. The SMILES string of the molecule is C=CCOCc1ccc(OCC(O)CN)cc1. The summed E-state index contributed by atoms with van der Waals surface area (Å²) in [7, 11) is 0. The minimum atomic E-state index is -0.620. The fraction of sp³-hybridized carbons (Fsp3) is 0.385. The van der Waals surface area contributed by atoms with Gasteiger partial charge in [0.15, 0.2) is 0 Å². The lowest BCUT2D eigenvalue weighted by atomic mass is 10.2. The molecule has 1 rings (SSSR count). The predicted octanol–water partition coefficient (Wildman–Crippen LogP) is 1.09. The normalized spacial score (nSPS) is 12.1. The van der Waals surface area contributed by atoms with Gasteiger partial charge in [0, 0.05) is 6.54 Å². The first-order valence-electron chi connectivity index (χ1n) is 5.54. The number of benzene rings is 1. The van der Waals surface area contributed by atoms with E-state index >= 15 is 0 Å². The van der Waals surface area contributed by atoms with E-state index in [1.54, 1.807) is 6.08 Å². The summed E-state index contributed by atoms with van der Waals surface area (Å²) < 4.78 is 10.7. The Hall–Kier alpha value is -1.36. The number of aliphatic hydroxyl groups is 1. The summed E-state index contributed by atoms with van der Waals surface area (Å²) in [5.74, 6) is 0.713. The highest BCUT2D eigenvalue weighted by molar-refractivity contribution is 5.26. The Morgan fingerprint density at radius 1 is 1.35 bits per heavy atom. The standard InChI is InChI=1S/C13H19NO3/c1-2-7-16-9-11-3-5-13(6-4-11)17-10-12(15)8-14/h2-6,12,15H,1,7-10,14H2. The van der Waals surface area contributed by atoms with Crippen LogP contribution in [0.25, 0.3) is 0 Å². The van der Waals surface area contributed by atoms with Crippen molar-refractivity contribution in [1.29, 1.82) is 0 Å². The van der Waals surface area contributed by atoms with Gasteiger partial charge in [0.25, 0.3) is 0 Å². The molecule has 0 radical (unpaired) electrons. The molecular weight excluding hydrogens is 218 g/mol.